The summed E-state index contributed by atoms with van der Waals surface area (Å²) in [5, 5.41) is 7.61. The summed E-state index contributed by atoms with van der Waals surface area (Å²) in [6, 6.07) is 0. The molecule has 1 saturated carbocycles. The molecule has 0 radical (unpaired) electrons. The number of aromatic nitrogens is 2. The molecule has 98 valence electrons. The van der Waals surface area contributed by atoms with Gasteiger partial charge in [0.1, 0.15) is 6.61 Å². The molecule has 1 amide bonds. The first-order chi connectivity index (χ1) is 8.79. The maximum atomic E-state index is 11.8. The molecule has 1 aliphatic heterocycles. The third-order valence-corrected chi connectivity index (χ3v) is 3.83. The van der Waals surface area contributed by atoms with Crippen molar-refractivity contribution in [3.8, 4) is 0 Å². The average molecular weight is 249 g/mol. The quantitative estimate of drug-likeness (QED) is 0.864. The Hall–Kier alpha value is -1.36. The SMILES string of the molecule is COCC(=O)N1CCc2[nH]nc(C3CC3)c2CC1. The van der Waals surface area contributed by atoms with Crippen LogP contribution >= 0.6 is 0 Å². The molecular weight excluding hydrogens is 230 g/mol. The number of methoxy groups -OCH3 is 1. The molecule has 3 rings (SSSR count). The highest BCUT2D eigenvalue weighted by Crippen LogP contribution is 2.41. The second-order valence-corrected chi connectivity index (χ2v) is 5.15. The van der Waals surface area contributed by atoms with E-state index in [9.17, 15) is 4.79 Å². The fourth-order valence-electron chi connectivity index (χ4n) is 2.67. The van der Waals surface area contributed by atoms with E-state index in [1.807, 2.05) is 4.90 Å². The van der Waals surface area contributed by atoms with Crippen molar-refractivity contribution >= 4 is 5.91 Å². The van der Waals surface area contributed by atoms with Crippen LogP contribution in [-0.4, -0.2) is 47.8 Å². The highest BCUT2D eigenvalue weighted by Gasteiger charge is 2.31. The first-order valence-electron chi connectivity index (χ1n) is 6.62. The van der Waals surface area contributed by atoms with Gasteiger partial charge in [-0.15, -0.1) is 0 Å². The van der Waals surface area contributed by atoms with Crippen molar-refractivity contribution < 1.29 is 9.53 Å². The molecule has 1 N–H and O–H groups in total. The van der Waals surface area contributed by atoms with E-state index in [4.69, 9.17) is 4.74 Å². The normalized spacial score (nSPS) is 19.5. The molecule has 1 fully saturated rings. The smallest absolute Gasteiger partial charge is 0.248 e. The monoisotopic (exact) mass is 249 g/mol. The molecule has 2 heterocycles. The molecule has 5 heteroatoms. The first-order valence-corrected chi connectivity index (χ1v) is 6.62. The second-order valence-electron chi connectivity index (χ2n) is 5.15. The Morgan fingerprint density at radius 3 is 2.94 bits per heavy atom. The Balaban J connectivity index is 1.72. The minimum Gasteiger partial charge on any atom is -0.375 e. The largest absolute Gasteiger partial charge is 0.375 e. The van der Waals surface area contributed by atoms with Gasteiger partial charge in [0.2, 0.25) is 5.91 Å². The van der Waals surface area contributed by atoms with Crippen molar-refractivity contribution in [2.24, 2.45) is 0 Å². The lowest BCUT2D eigenvalue weighted by molar-refractivity contribution is -0.135. The number of carbonyl (C=O) groups excluding carboxylic acids is 1. The number of nitrogens with zero attached hydrogens (tertiary/aromatic N) is 2. The summed E-state index contributed by atoms with van der Waals surface area (Å²) in [5.41, 5.74) is 3.85. The van der Waals surface area contributed by atoms with E-state index in [-0.39, 0.29) is 12.5 Å². The number of nitrogens with one attached hydrogen (secondary N) is 1. The molecule has 18 heavy (non-hydrogen) atoms. The number of aromatic amines is 1. The van der Waals surface area contributed by atoms with E-state index in [0.717, 1.165) is 25.9 Å². The molecule has 1 aliphatic carbocycles. The van der Waals surface area contributed by atoms with Crippen LogP contribution in [0.15, 0.2) is 0 Å². The maximum Gasteiger partial charge on any atom is 0.248 e. The molecule has 2 aliphatic rings. The molecule has 1 aromatic rings. The Morgan fingerprint density at radius 2 is 2.22 bits per heavy atom. The minimum atomic E-state index is 0.0867. The second kappa shape index (κ2) is 4.72. The van der Waals surface area contributed by atoms with Gasteiger partial charge in [-0.2, -0.15) is 5.10 Å². The van der Waals surface area contributed by atoms with Crippen molar-refractivity contribution in [1.29, 1.82) is 0 Å². The van der Waals surface area contributed by atoms with Gasteiger partial charge in [-0.1, -0.05) is 0 Å². The van der Waals surface area contributed by atoms with Crippen LogP contribution in [0.4, 0.5) is 0 Å². The lowest BCUT2D eigenvalue weighted by Gasteiger charge is -2.19. The zero-order valence-corrected chi connectivity index (χ0v) is 10.7. The number of rotatable bonds is 3. The maximum absolute atomic E-state index is 11.8. The highest BCUT2D eigenvalue weighted by molar-refractivity contribution is 5.77. The number of fused-ring (bicyclic) bond motifs is 1. The van der Waals surface area contributed by atoms with E-state index in [0.29, 0.717) is 5.92 Å². The number of H-pyrrole nitrogens is 1. The van der Waals surface area contributed by atoms with E-state index < -0.39 is 0 Å². The number of amides is 1. The topological polar surface area (TPSA) is 58.2 Å². The van der Waals surface area contributed by atoms with Gasteiger partial charge in [0.25, 0.3) is 0 Å². The number of hydrogen-bond donors (Lipinski definition) is 1. The molecule has 0 saturated heterocycles. The lowest BCUT2D eigenvalue weighted by Crippen LogP contribution is -2.35. The van der Waals surface area contributed by atoms with Gasteiger partial charge in [0.15, 0.2) is 0 Å². The molecule has 0 bridgehead atoms. The van der Waals surface area contributed by atoms with Crippen LogP contribution in [0.1, 0.15) is 35.7 Å². The van der Waals surface area contributed by atoms with E-state index in [1.54, 1.807) is 7.11 Å². The van der Waals surface area contributed by atoms with Crippen LogP contribution in [0.3, 0.4) is 0 Å². The van der Waals surface area contributed by atoms with Crippen LogP contribution < -0.4 is 0 Å². The third-order valence-electron chi connectivity index (χ3n) is 3.83. The number of ether oxygens (including phenoxy) is 1. The van der Waals surface area contributed by atoms with Crippen LogP contribution in [0, 0.1) is 0 Å². The van der Waals surface area contributed by atoms with Crippen molar-refractivity contribution in [1.82, 2.24) is 15.1 Å². The molecule has 0 aromatic carbocycles. The zero-order valence-electron chi connectivity index (χ0n) is 10.7. The van der Waals surface area contributed by atoms with Crippen LogP contribution in [0.2, 0.25) is 0 Å². The average Bonchev–Trinajstić information content (AvgIpc) is 3.16. The van der Waals surface area contributed by atoms with Gasteiger partial charge in [-0.25, -0.2) is 0 Å². The van der Waals surface area contributed by atoms with E-state index >= 15 is 0 Å². The number of hydrogen-bond acceptors (Lipinski definition) is 3. The Labute approximate surface area is 107 Å². The highest BCUT2D eigenvalue weighted by atomic mass is 16.5. The van der Waals surface area contributed by atoms with Gasteiger partial charge in [0.05, 0.1) is 5.69 Å². The molecule has 1 aromatic heterocycles. The Bertz CT molecular complexity index is 451. The summed E-state index contributed by atoms with van der Waals surface area (Å²) in [6.45, 7) is 1.73. The summed E-state index contributed by atoms with van der Waals surface area (Å²) < 4.78 is 4.92. The van der Waals surface area contributed by atoms with Gasteiger partial charge < -0.3 is 9.64 Å². The van der Waals surface area contributed by atoms with Gasteiger partial charge >= 0.3 is 0 Å². The third kappa shape index (κ3) is 2.14. The Kier molecular flexibility index (Phi) is 3.07. The fourth-order valence-corrected chi connectivity index (χ4v) is 2.67. The zero-order chi connectivity index (χ0) is 12.5. The fraction of sp³-hybridized carbons (Fsp3) is 0.692. The predicted molar refractivity (Wildman–Crippen MR) is 66.4 cm³/mol. The van der Waals surface area contributed by atoms with Crippen molar-refractivity contribution in [3.05, 3.63) is 17.0 Å². The molecule has 5 nitrogen and oxygen atoms in total. The van der Waals surface area contributed by atoms with Crippen molar-refractivity contribution in [3.63, 3.8) is 0 Å². The van der Waals surface area contributed by atoms with Gasteiger partial charge in [-0.05, 0) is 24.8 Å². The van der Waals surface area contributed by atoms with Gasteiger partial charge in [0, 0.05) is 38.2 Å². The van der Waals surface area contributed by atoms with Crippen LogP contribution in [0.5, 0.6) is 0 Å². The number of carbonyl (C=O) groups is 1. The summed E-state index contributed by atoms with van der Waals surface area (Å²) in [6.07, 6.45) is 4.34. The molecular formula is C13H19N3O2. The van der Waals surface area contributed by atoms with Crippen molar-refractivity contribution in [2.75, 3.05) is 26.8 Å². The molecule has 0 spiro atoms. The lowest BCUT2D eigenvalue weighted by atomic mass is 10.1. The first kappa shape index (κ1) is 11.7. The van der Waals surface area contributed by atoms with Gasteiger partial charge in [-0.3, -0.25) is 9.89 Å². The Morgan fingerprint density at radius 1 is 1.44 bits per heavy atom. The summed E-state index contributed by atoms with van der Waals surface area (Å²) in [4.78, 5) is 13.7. The van der Waals surface area contributed by atoms with E-state index in [1.165, 1.54) is 29.8 Å². The predicted octanol–water partition coefficient (Wildman–Crippen LogP) is 0.861. The van der Waals surface area contributed by atoms with Crippen LogP contribution in [-0.2, 0) is 22.4 Å². The molecule has 0 atom stereocenters. The summed E-state index contributed by atoms with van der Waals surface area (Å²) >= 11 is 0. The summed E-state index contributed by atoms with van der Waals surface area (Å²) in [5.74, 6) is 0.759. The van der Waals surface area contributed by atoms with Crippen LogP contribution in [0.25, 0.3) is 0 Å². The van der Waals surface area contributed by atoms with Crippen molar-refractivity contribution in [2.45, 2.75) is 31.6 Å². The standard InChI is InChI=1S/C13H19N3O2/c1-18-8-12(17)16-6-4-10-11(5-7-16)14-15-13(10)9-2-3-9/h9H,2-8H2,1H3,(H,14,15). The summed E-state index contributed by atoms with van der Waals surface area (Å²) in [7, 11) is 1.56. The molecule has 0 unspecified atom stereocenters. The minimum absolute atomic E-state index is 0.0867. The van der Waals surface area contributed by atoms with E-state index in [2.05, 4.69) is 10.2 Å².